The van der Waals surface area contributed by atoms with Crippen molar-refractivity contribution in [3.63, 3.8) is 0 Å². The van der Waals surface area contributed by atoms with Crippen molar-refractivity contribution in [2.45, 2.75) is 57.7 Å². The van der Waals surface area contributed by atoms with Crippen LogP contribution in [0.15, 0.2) is 18.3 Å². The summed E-state index contributed by atoms with van der Waals surface area (Å²) in [5, 5.41) is 6.36. The highest BCUT2D eigenvalue weighted by Crippen LogP contribution is 2.27. The van der Waals surface area contributed by atoms with Gasteiger partial charge in [0.2, 0.25) is 5.88 Å². The average molecular weight is 307 g/mol. The zero-order valence-electron chi connectivity index (χ0n) is 13.7. The molecule has 1 aromatic rings. The number of nitrogens with zero attached hydrogens (tertiary/aromatic N) is 1. The fraction of sp³-hybridized carbons (Fsp3) is 0.625. The minimum absolute atomic E-state index is 0.134. The molecule has 0 bridgehead atoms. The summed E-state index contributed by atoms with van der Waals surface area (Å²) in [6, 6.07) is 4.24. The number of amides is 1. The van der Waals surface area contributed by atoms with Crippen LogP contribution in [0.2, 0.25) is 0 Å². The molecule has 2 rings (SSSR count). The molecule has 1 fully saturated rings. The van der Waals surface area contributed by atoms with Gasteiger partial charge in [-0.25, -0.2) is 9.78 Å². The third-order valence-corrected chi connectivity index (χ3v) is 3.48. The smallest absolute Gasteiger partial charge is 0.407 e. The minimum atomic E-state index is -0.469. The van der Waals surface area contributed by atoms with Gasteiger partial charge in [0.05, 0.1) is 12.8 Å². The van der Waals surface area contributed by atoms with Crippen LogP contribution in [-0.4, -0.2) is 35.9 Å². The van der Waals surface area contributed by atoms with E-state index in [1.807, 2.05) is 32.9 Å². The highest BCUT2D eigenvalue weighted by molar-refractivity contribution is 5.68. The van der Waals surface area contributed by atoms with E-state index in [4.69, 9.17) is 9.47 Å². The second-order valence-electron chi connectivity index (χ2n) is 6.56. The molecule has 0 saturated heterocycles. The molecule has 1 aliphatic rings. The van der Waals surface area contributed by atoms with Crippen molar-refractivity contribution in [1.29, 1.82) is 0 Å². The number of carbonyl (C=O) groups excluding carboxylic acids is 1. The first kappa shape index (κ1) is 16.4. The molecule has 22 heavy (non-hydrogen) atoms. The van der Waals surface area contributed by atoms with Crippen molar-refractivity contribution in [3.8, 4) is 5.88 Å². The van der Waals surface area contributed by atoms with Gasteiger partial charge in [0.15, 0.2) is 0 Å². The molecule has 2 atom stereocenters. The van der Waals surface area contributed by atoms with Gasteiger partial charge < -0.3 is 20.1 Å². The normalized spacial score (nSPS) is 21.3. The van der Waals surface area contributed by atoms with Gasteiger partial charge in [0.25, 0.3) is 0 Å². The SMILES string of the molecule is COc1ncccc1NC1CCC(NC(=O)OC(C)(C)C)C1. The molecule has 6 heteroatoms. The Kier molecular flexibility index (Phi) is 5.11. The van der Waals surface area contributed by atoms with Gasteiger partial charge in [0.1, 0.15) is 5.60 Å². The Hall–Kier alpha value is -1.98. The Bertz CT molecular complexity index is 514. The maximum Gasteiger partial charge on any atom is 0.407 e. The Morgan fingerprint density at radius 2 is 2.05 bits per heavy atom. The van der Waals surface area contributed by atoms with Crippen molar-refractivity contribution in [1.82, 2.24) is 10.3 Å². The zero-order chi connectivity index (χ0) is 16.2. The lowest BCUT2D eigenvalue weighted by Crippen LogP contribution is -2.38. The molecular formula is C16H25N3O3. The average Bonchev–Trinajstić information content (AvgIpc) is 2.84. The molecule has 122 valence electrons. The largest absolute Gasteiger partial charge is 0.480 e. The van der Waals surface area contributed by atoms with Gasteiger partial charge in [-0.05, 0) is 52.2 Å². The standard InChI is InChI=1S/C16H25N3O3/c1-16(2,3)22-15(20)19-12-8-7-11(10-12)18-13-6-5-9-17-14(13)21-4/h5-6,9,11-12,18H,7-8,10H2,1-4H3,(H,19,20). The first-order valence-electron chi connectivity index (χ1n) is 7.62. The van der Waals surface area contributed by atoms with Crippen molar-refractivity contribution >= 4 is 11.8 Å². The summed E-state index contributed by atoms with van der Waals surface area (Å²) >= 11 is 0. The van der Waals surface area contributed by atoms with Crippen molar-refractivity contribution in [2.75, 3.05) is 12.4 Å². The lowest BCUT2D eigenvalue weighted by molar-refractivity contribution is 0.0505. The van der Waals surface area contributed by atoms with Crippen LogP contribution in [0.25, 0.3) is 0 Å². The lowest BCUT2D eigenvalue weighted by Gasteiger charge is -2.22. The lowest BCUT2D eigenvalue weighted by atomic mass is 10.2. The topological polar surface area (TPSA) is 72.5 Å². The van der Waals surface area contributed by atoms with Gasteiger partial charge >= 0.3 is 6.09 Å². The first-order valence-corrected chi connectivity index (χ1v) is 7.62. The maximum atomic E-state index is 11.8. The van der Waals surface area contributed by atoms with Crippen LogP contribution in [0.1, 0.15) is 40.0 Å². The van der Waals surface area contributed by atoms with Crippen LogP contribution in [0.4, 0.5) is 10.5 Å². The number of aromatic nitrogens is 1. The molecule has 1 heterocycles. The van der Waals surface area contributed by atoms with E-state index in [2.05, 4.69) is 15.6 Å². The van der Waals surface area contributed by atoms with Gasteiger partial charge in [-0.2, -0.15) is 0 Å². The second-order valence-corrected chi connectivity index (χ2v) is 6.56. The fourth-order valence-electron chi connectivity index (χ4n) is 2.60. The van der Waals surface area contributed by atoms with Crippen molar-refractivity contribution in [2.24, 2.45) is 0 Å². The third-order valence-electron chi connectivity index (χ3n) is 3.48. The number of carbonyl (C=O) groups is 1. The first-order chi connectivity index (χ1) is 10.4. The summed E-state index contributed by atoms with van der Waals surface area (Å²) in [6.07, 6.45) is 4.12. The van der Waals surface area contributed by atoms with Crippen LogP contribution in [0.5, 0.6) is 5.88 Å². The van der Waals surface area contributed by atoms with Gasteiger partial charge in [-0.15, -0.1) is 0 Å². The Morgan fingerprint density at radius 3 is 2.73 bits per heavy atom. The number of hydrogen-bond donors (Lipinski definition) is 2. The summed E-state index contributed by atoms with van der Waals surface area (Å²) in [5.41, 5.74) is 0.413. The fourth-order valence-corrected chi connectivity index (χ4v) is 2.60. The molecule has 0 aliphatic heterocycles. The number of hydrogen-bond acceptors (Lipinski definition) is 5. The van der Waals surface area contributed by atoms with Gasteiger partial charge in [-0.3, -0.25) is 0 Å². The van der Waals surface area contributed by atoms with Crippen molar-refractivity contribution < 1.29 is 14.3 Å². The number of nitrogens with one attached hydrogen (secondary N) is 2. The Morgan fingerprint density at radius 1 is 1.32 bits per heavy atom. The Labute approximate surface area is 131 Å². The molecule has 1 aliphatic carbocycles. The molecule has 0 radical (unpaired) electrons. The molecule has 1 aromatic heterocycles. The van der Waals surface area contributed by atoms with E-state index in [9.17, 15) is 4.79 Å². The molecule has 2 unspecified atom stereocenters. The highest BCUT2D eigenvalue weighted by atomic mass is 16.6. The molecule has 6 nitrogen and oxygen atoms in total. The monoisotopic (exact) mass is 307 g/mol. The Balaban J connectivity index is 1.84. The van der Waals surface area contributed by atoms with Crippen LogP contribution >= 0.6 is 0 Å². The van der Waals surface area contributed by atoms with Crippen LogP contribution in [-0.2, 0) is 4.74 Å². The molecular weight excluding hydrogens is 282 g/mol. The van der Waals surface area contributed by atoms with E-state index < -0.39 is 5.60 Å². The predicted octanol–water partition coefficient (Wildman–Crippen LogP) is 2.95. The zero-order valence-corrected chi connectivity index (χ0v) is 13.7. The van der Waals surface area contributed by atoms with E-state index in [1.54, 1.807) is 13.3 Å². The highest BCUT2D eigenvalue weighted by Gasteiger charge is 2.28. The van der Waals surface area contributed by atoms with Crippen molar-refractivity contribution in [3.05, 3.63) is 18.3 Å². The third kappa shape index (κ3) is 4.79. The predicted molar refractivity (Wildman–Crippen MR) is 85.2 cm³/mol. The molecule has 0 aromatic carbocycles. The summed E-state index contributed by atoms with van der Waals surface area (Å²) in [6.45, 7) is 5.58. The van der Waals surface area contributed by atoms with Gasteiger partial charge in [0, 0.05) is 18.3 Å². The summed E-state index contributed by atoms with van der Waals surface area (Å²) in [7, 11) is 1.61. The maximum absolute atomic E-state index is 11.8. The van der Waals surface area contributed by atoms with E-state index in [1.165, 1.54) is 0 Å². The summed E-state index contributed by atoms with van der Waals surface area (Å²) < 4.78 is 10.5. The molecule has 1 amide bonds. The number of pyridine rings is 1. The van der Waals surface area contributed by atoms with Gasteiger partial charge in [-0.1, -0.05) is 0 Å². The number of rotatable bonds is 4. The summed E-state index contributed by atoms with van der Waals surface area (Å²) in [5.74, 6) is 0.589. The molecule has 2 N–H and O–H groups in total. The van der Waals surface area contributed by atoms with E-state index >= 15 is 0 Å². The second kappa shape index (κ2) is 6.85. The quantitative estimate of drug-likeness (QED) is 0.894. The number of ether oxygens (including phenoxy) is 2. The number of alkyl carbamates (subject to hydrolysis) is 1. The minimum Gasteiger partial charge on any atom is -0.480 e. The number of anilines is 1. The van der Waals surface area contributed by atoms with Crippen LogP contribution in [0.3, 0.4) is 0 Å². The molecule has 0 spiro atoms. The number of methoxy groups -OCH3 is 1. The van der Waals surface area contributed by atoms with Crippen LogP contribution < -0.4 is 15.4 Å². The summed E-state index contributed by atoms with van der Waals surface area (Å²) in [4.78, 5) is 16.0. The van der Waals surface area contributed by atoms with E-state index in [-0.39, 0.29) is 18.2 Å². The van der Waals surface area contributed by atoms with E-state index in [0.717, 1.165) is 24.9 Å². The molecule has 1 saturated carbocycles. The van der Waals surface area contributed by atoms with Crippen LogP contribution in [0, 0.1) is 0 Å². The van der Waals surface area contributed by atoms with E-state index in [0.29, 0.717) is 5.88 Å².